The number of hydrogen-bond donors (Lipinski definition) is 2. The number of rotatable bonds is 5. The van der Waals surface area contributed by atoms with Gasteiger partial charge in [0.05, 0.1) is 0 Å². The second kappa shape index (κ2) is 4.96. The van der Waals surface area contributed by atoms with Crippen LogP contribution in [0, 0.1) is 35.0 Å². The van der Waals surface area contributed by atoms with Gasteiger partial charge in [0.2, 0.25) is 0 Å². The number of nitrogens with two attached hydrogens (primary N) is 1. The molecule has 20 heavy (non-hydrogen) atoms. The highest BCUT2D eigenvalue weighted by molar-refractivity contribution is 7.87. The van der Waals surface area contributed by atoms with Crippen LogP contribution in [0.3, 0.4) is 0 Å². The summed E-state index contributed by atoms with van der Waals surface area (Å²) < 4.78 is 24.8. The molecule has 0 heterocycles. The van der Waals surface area contributed by atoms with E-state index in [1.807, 2.05) is 0 Å². The average Bonchev–Trinajstić information content (AvgIpc) is 2.23. The van der Waals surface area contributed by atoms with Crippen molar-refractivity contribution in [1.82, 2.24) is 4.72 Å². The zero-order valence-electron chi connectivity index (χ0n) is 12.6. The van der Waals surface area contributed by atoms with Crippen LogP contribution in [0.1, 0.15) is 52.4 Å². The van der Waals surface area contributed by atoms with Crippen molar-refractivity contribution in [1.29, 1.82) is 0 Å². The first-order valence-corrected chi connectivity index (χ1v) is 9.58. The zero-order chi connectivity index (χ0) is 14.5. The van der Waals surface area contributed by atoms with E-state index in [-0.39, 0.29) is 0 Å². The molecule has 4 aliphatic rings. The van der Waals surface area contributed by atoms with E-state index in [1.54, 1.807) is 0 Å². The van der Waals surface area contributed by atoms with Gasteiger partial charge in [-0.1, -0.05) is 13.8 Å². The predicted molar refractivity (Wildman–Crippen MR) is 80.0 cm³/mol. The fourth-order valence-corrected chi connectivity index (χ4v) is 6.38. The van der Waals surface area contributed by atoms with Crippen LogP contribution in [-0.4, -0.2) is 15.0 Å². The van der Waals surface area contributed by atoms with Crippen molar-refractivity contribution in [3.05, 3.63) is 0 Å². The highest BCUT2D eigenvalue weighted by Crippen LogP contribution is 2.63. The molecule has 4 nitrogen and oxygen atoms in total. The van der Waals surface area contributed by atoms with Crippen LogP contribution < -0.4 is 9.86 Å². The molecule has 0 aliphatic heterocycles. The van der Waals surface area contributed by atoms with Gasteiger partial charge in [0.15, 0.2) is 0 Å². The van der Waals surface area contributed by atoms with Crippen molar-refractivity contribution >= 4 is 10.2 Å². The molecule has 0 radical (unpaired) electrons. The van der Waals surface area contributed by atoms with Gasteiger partial charge < -0.3 is 0 Å². The molecule has 5 heteroatoms. The Bertz CT molecular complexity index is 454. The third-order valence-corrected chi connectivity index (χ3v) is 6.53. The van der Waals surface area contributed by atoms with Crippen LogP contribution in [0.4, 0.5) is 0 Å². The van der Waals surface area contributed by atoms with Crippen molar-refractivity contribution in [2.45, 2.75) is 52.4 Å². The molecule has 0 spiro atoms. The highest BCUT2D eigenvalue weighted by atomic mass is 32.2. The summed E-state index contributed by atoms with van der Waals surface area (Å²) in [5, 5.41) is 5.09. The first-order valence-electron chi connectivity index (χ1n) is 8.04. The average molecular weight is 300 g/mol. The topological polar surface area (TPSA) is 72.2 Å². The predicted octanol–water partition coefficient (Wildman–Crippen LogP) is 2.27. The summed E-state index contributed by atoms with van der Waals surface area (Å²) in [5.74, 6) is 3.62. The van der Waals surface area contributed by atoms with Crippen molar-refractivity contribution in [2.24, 2.45) is 40.1 Å². The van der Waals surface area contributed by atoms with E-state index >= 15 is 0 Å². The molecule has 0 amide bonds. The lowest BCUT2D eigenvalue weighted by Gasteiger charge is -2.61. The SMILES string of the molecule is CC(C)CC12CC3CC(C1)C(CNS(N)(=O)=O)C(C3)C2. The lowest BCUT2D eigenvalue weighted by Crippen LogP contribution is -2.54. The van der Waals surface area contributed by atoms with Gasteiger partial charge in [-0.3, -0.25) is 0 Å². The summed E-state index contributed by atoms with van der Waals surface area (Å²) in [6, 6.07) is 0. The van der Waals surface area contributed by atoms with Crippen LogP contribution in [0.25, 0.3) is 0 Å². The Morgan fingerprint density at radius 1 is 1.20 bits per heavy atom. The Kier molecular flexibility index (Phi) is 3.67. The van der Waals surface area contributed by atoms with Gasteiger partial charge >= 0.3 is 0 Å². The van der Waals surface area contributed by atoms with Crippen molar-refractivity contribution in [3.63, 3.8) is 0 Å². The molecule has 4 rings (SSSR count). The first-order chi connectivity index (χ1) is 9.26. The summed E-state index contributed by atoms with van der Waals surface area (Å²) in [4.78, 5) is 0. The standard InChI is InChI=1S/C15H28N2O2S/c1-10(2)5-15-6-11-3-12(7-15)14(13(4-11)8-15)9-17-20(16,18)19/h10-14,17H,3-9H2,1-2H3,(H2,16,18,19). The van der Waals surface area contributed by atoms with Gasteiger partial charge in [-0.05, 0) is 73.5 Å². The monoisotopic (exact) mass is 300 g/mol. The van der Waals surface area contributed by atoms with Crippen molar-refractivity contribution in [2.75, 3.05) is 6.54 Å². The molecule has 2 unspecified atom stereocenters. The summed E-state index contributed by atoms with van der Waals surface area (Å²) >= 11 is 0. The molecule has 0 aromatic heterocycles. The quantitative estimate of drug-likeness (QED) is 0.817. The Balaban J connectivity index is 1.71. The maximum Gasteiger partial charge on any atom is 0.274 e. The van der Waals surface area contributed by atoms with Crippen molar-refractivity contribution < 1.29 is 8.42 Å². The Morgan fingerprint density at radius 3 is 2.30 bits per heavy atom. The van der Waals surface area contributed by atoms with Crippen LogP contribution in [0.2, 0.25) is 0 Å². The van der Waals surface area contributed by atoms with Gasteiger partial charge in [0.1, 0.15) is 0 Å². The zero-order valence-corrected chi connectivity index (χ0v) is 13.5. The minimum absolute atomic E-state index is 0.519. The van der Waals surface area contributed by atoms with Crippen LogP contribution in [-0.2, 0) is 10.2 Å². The molecule has 0 aromatic carbocycles. The molecule has 116 valence electrons. The van der Waals surface area contributed by atoms with E-state index in [0.29, 0.717) is 29.7 Å². The molecule has 4 aliphatic carbocycles. The lowest BCUT2D eigenvalue weighted by atomic mass is 9.45. The second-order valence-electron chi connectivity index (χ2n) is 8.13. The molecule has 3 N–H and O–H groups in total. The van der Waals surface area contributed by atoms with E-state index in [0.717, 1.165) is 11.8 Å². The van der Waals surface area contributed by atoms with Gasteiger partial charge in [0, 0.05) is 6.54 Å². The van der Waals surface area contributed by atoms with Gasteiger partial charge in [0.25, 0.3) is 10.2 Å². The maximum atomic E-state index is 11.1. The summed E-state index contributed by atoms with van der Waals surface area (Å²) in [6.45, 7) is 5.22. The molecule has 4 fully saturated rings. The number of nitrogens with one attached hydrogen (secondary N) is 1. The minimum Gasteiger partial charge on any atom is -0.216 e. The van der Waals surface area contributed by atoms with Gasteiger partial charge in [-0.2, -0.15) is 8.42 Å². The second-order valence-corrected chi connectivity index (χ2v) is 9.50. The summed E-state index contributed by atoms with van der Waals surface area (Å²) in [5.41, 5.74) is 0.572. The van der Waals surface area contributed by atoms with E-state index in [2.05, 4.69) is 18.6 Å². The first kappa shape index (κ1) is 14.8. The van der Waals surface area contributed by atoms with Crippen LogP contribution in [0.5, 0.6) is 0 Å². The number of hydrogen-bond acceptors (Lipinski definition) is 2. The molecular formula is C15H28N2O2S. The molecule has 0 aromatic rings. The van der Waals surface area contributed by atoms with E-state index in [4.69, 9.17) is 5.14 Å². The maximum absolute atomic E-state index is 11.1. The molecule has 4 saturated carbocycles. The third-order valence-electron chi connectivity index (χ3n) is 5.96. The van der Waals surface area contributed by atoms with Gasteiger partial charge in [-0.25, -0.2) is 9.86 Å². The Labute approximate surface area is 123 Å². The lowest BCUT2D eigenvalue weighted by molar-refractivity contribution is -0.101. The molecule has 0 saturated heterocycles. The smallest absolute Gasteiger partial charge is 0.216 e. The normalized spacial score (nSPS) is 43.4. The third kappa shape index (κ3) is 2.90. The summed E-state index contributed by atoms with van der Waals surface area (Å²) in [7, 11) is -3.54. The van der Waals surface area contributed by atoms with E-state index in [1.165, 1.54) is 38.5 Å². The highest BCUT2D eigenvalue weighted by Gasteiger charge is 2.54. The van der Waals surface area contributed by atoms with Crippen molar-refractivity contribution in [3.8, 4) is 0 Å². The van der Waals surface area contributed by atoms with E-state index in [9.17, 15) is 8.42 Å². The van der Waals surface area contributed by atoms with Crippen LogP contribution in [0.15, 0.2) is 0 Å². The fraction of sp³-hybridized carbons (Fsp3) is 1.00. The van der Waals surface area contributed by atoms with E-state index < -0.39 is 10.2 Å². The van der Waals surface area contributed by atoms with Crippen LogP contribution >= 0.6 is 0 Å². The minimum atomic E-state index is -3.54. The fourth-order valence-electron chi connectivity index (χ4n) is 5.96. The summed E-state index contributed by atoms with van der Waals surface area (Å²) in [6.07, 6.45) is 8.03. The van der Waals surface area contributed by atoms with Gasteiger partial charge in [-0.15, -0.1) is 0 Å². The largest absolute Gasteiger partial charge is 0.274 e. The Morgan fingerprint density at radius 2 is 1.80 bits per heavy atom. The Hall–Kier alpha value is -0.130. The molecular weight excluding hydrogens is 272 g/mol. The molecule has 2 atom stereocenters. The molecule has 4 bridgehead atoms.